The average Bonchev–Trinajstić information content (AvgIpc) is 3.41. The highest BCUT2D eigenvalue weighted by Gasteiger charge is 2.26. The Morgan fingerprint density at radius 1 is 1.03 bits per heavy atom. The Labute approximate surface area is 224 Å². The third kappa shape index (κ3) is 8.45. The number of ether oxygens (including phenoxy) is 1. The van der Waals surface area contributed by atoms with Gasteiger partial charge in [0, 0.05) is 23.9 Å². The van der Waals surface area contributed by atoms with Crippen LogP contribution in [0.1, 0.15) is 101 Å². The van der Waals surface area contributed by atoms with Crippen LogP contribution in [0.15, 0.2) is 35.7 Å². The predicted molar refractivity (Wildman–Crippen MR) is 154 cm³/mol. The topological polar surface area (TPSA) is 29.5 Å². The maximum Gasteiger partial charge on any atom is 0.311 e. The fraction of sp³-hybridized carbons (Fsp3) is 0.656. The van der Waals surface area contributed by atoms with Crippen LogP contribution in [-0.4, -0.2) is 30.0 Å². The van der Waals surface area contributed by atoms with E-state index in [4.69, 9.17) is 4.74 Å². The molecule has 0 saturated carbocycles. The molecule has 3 atom stereocenters. The van der Waals surface area contributed by atoms with E-state index in [1.165, 1.54) is 48.1 Å². The fourth-order valence-electron chi connectivity index (χ4n) is 6.23. The maximum absolute atomic E-state index is 12.8. The van der Waals surface area contributed by atoms with Gasteiger partial charge in [0.1, 0.15) is 5.75 Å². The van der Waals surface area contributed by atoms with E-state index in [1.54, 1.807) is 0 Å². The van der Waals surface area contributed by atoms with Gasteiger partial charge in [-0.3, -0.25) is 9.69 Å². The number of esters is 1. The van der Waals surface area contributed by atoms with Gasteiger partial charge >= 0.3 is 5.97 Å². The van der Waals surface area contributed by atoms with E-state index in [-0.39, 0.29) is 5.97 Å². The maximum atomic E-state index is 12.8. The second-order valence-corrected chi connectivity index (χ2v) is 11.7. The molecule has 2 aromatic rings. The molecule has 0 N–H and O–H groups in total. The molecule has 0 saturated heterocycles. The molecule has 0 bridgehead atoms. The van der Waals surface area contributed by atoms with Crippen LogP contribution in [0.3, 0.4) is 0 Å². The standard InChI is InChI=1S/C32H49NO2S/c1-5-12-25(7-3)26(8-4)13-10-17-32(34)35-31-16-9-14-27-24-28(18-19-30(27)31)33(21-6-2)22-20-29-15-11-23-36-29/h9,11,14-16,23,25-26,28H,5-8,10,12-13,17-22,24H2,1-4H3. The van der Waals surface area contributed by atoms with E-state index < -0.39 is 0 Å². The molecule has 1 heterocycles. The van der Waals surface area contributed by atoms with Crippen LogP contribution in [-0.2, 0) is 24.1 Å². The van der Waals surface area contributed by atoms with Gasteiger partial charge in [-0.15, -0.1) is 11.3 Å². The number of carbonyl (C=O) groups is 1. The van der Waals surface area contributed by atoms with Gasteiger partial charge < -0.3 is 4.74 Å². The van der Waals surface area contributed by atoms with Crippen molar-refractivity contribution in [2.75, 3.05) is 13.1 Å². The molecule has 1 aliphatic carbocycles. The average molecular weight is 512 g/mol. The molecule has 0 amide bonds. The molecule has 0 radical (unpaired) electrons. The van der Waals surface area contributed by atoms with Crippen molar-refractivity contribution in [2.24, 2.45) is 11.8 Å². The summed E-state index contributed by atoms with van der Waals surface area (Å²) in [7, 11) is 0. The molecule has 3 nitrogen and oxygen atoms in total. The number of hydrogen-bond donors (Lipinski definition) is 0. The Bertz CT molecular complexity index is 894. The van der Waals surface area contributed by atoms with Gasteiger partial charge in [0.25, 0.3) is 0 Å². The molecule has 0 fully saturated rings. The molecule has 0 aliphatic heterocycles. The smallest absolute Gasteiger partial charge is 0.311 e. The molecular weight excluding hydrogens is 462 g/mol. The summed E-state index contributed by atoms with van der Waals surface area (Å²) in [6.07, 6.45) is 13.1. The van der Waals surface area contributed by atoms with Crippen LogP contribution < -0.4 is 4.74 Å². The first-order valence-corrected chi connectivity index (χ1v) is 15.5. The van der Waals surface area contributed by atoms with Crippen molar-refractivity contribution >= 4 is 17.3 Å². The molecule has 1 aromatic carbocycles. The van der Waals surface area contributed by atoms with E-state index in [2.05, 4.69) is 62.2 Å². The van der Waals surface area contributed by atoms with Crippen molar-refractivity contribution in [3.63, 3.8) is 0 Å². The Hall–Kier alpha value is -1.65. The zero-order valence-corrected chi connectivity index (χ0v) is 24.1. The van der Waals surface area contributed by atoms with Gasteiger partial charge in [0.2, 0.25) is 0 Å². The second-order valence-electron chi connectivity index (χ2n) is 10.6. The number of rotatable bonds is 16. The van der Waals surface area contributed by atoms with E-state index in [0.717, 1.165) is 69.2 Å². The highest BCUT2D eigenvalue weighted by molar-refractivity contribution is 7.09. The lowest BCUT2D eigenvalue weighted by atomic mass is 9.81. The summed E-state index contributed by atoms with van der Waals surface area (Å²) < 4.78 is 5.95. The van der Waals surface area contributed by atoms with Gasteiger partial charge in [0.05, 0.1) is 0 Å². The molecule has 1 aromatic heterocycles. The number of hydrogen-bond acceptors (Lipinski definition) is 4. The van der Waals surface area contributed by atoms with Crippen molar-refractivity contribution in [2.45, 2.75) is 111 Å². The summed E-state index contributed by atoms with van der Waals surface area (Å²) in [6.45, 7) is 11.4. The van der Waals surface area contributed by atoms with E-state index >= 15 is 0 Å². The highest BCUT2D eigenvalue weighted by atomic mass is 32.1. The number of benzene rings is 1. The Morgan fingerprint density at radius 3 is 2.53 bits per heavy atom. The predicted octanol–water partition coefficient (Wildman–Crippen LogP) is 8.49. The summed E-state index contributed by atoms with van der Waals surface area (Å²) in [4.78, 5) is 16.9. The number of carbonyl (C=O) groups excluding carboxylic acids is 1. The van der Waals surface area contributed by atoms with Crippen molar-refractivity contribution in [3.05, 3.63) is 51.7 Å². The first-order valence-electron chi connectivity index (χ1n) is 14.7. The van der Waals surface area contributed by atoms with Crippen LogP contribution in [0.25, 0.3) is 0 Å². The Morgan fingerprint density at radius 2 is 1.83 bits per heavy atom. The second kappa shape index (κ2) is 15.6. The van der Waals surface area contributed by atoms with Crippen LogP contribution in [0.5, 0.6) is 5.75 Å². The zero-order chi connectivity index (χ0) is 25.8. The Balaban J connectivity index is 1.54. The number of fused-ring (bicyclic) bond motifs is 1. The summed E-state index contributed by atoms with van der Waals surface area (Å²) in [5, 5.41) is 2.18. The van der Waals surface area contributed by atoms with E-state index in [1.807, 2.05) is 17.4 Å². The molecule has 36 heavy (non-hydrogen) atoms. The number of nitrogens with zero attached hydrogens (tertiary/aromatic N) is 1. The van der Waals surface area contributed by atoms with Crippen LogP contribution in [0.4, 0.5) is 0 Å². The summed E-state index contributed by atoms with van der Waals surface area (Å²) >= 11 is 1.86. The van der Waals surface area contributed by atoms with Gasteiger partial charge in [-0.25, -0.2) is 0 Å². The van der Waals surface area contributed by atoms with Gasteiger partial charge in [0.15, 0.2) is 0 Å². The molecule has 200 valence electrons. The highest BCUT2D eigenvalue weighted by Crippen LogP contribution is 2.33. The molecule has 1 aliphatic rings. The van der Waals surface area contributed by atoms with Gasteiger partial charge in [-0.05, 0) is 92.0 Å². The van der Waals surface area contributed by atoms with Gasteiger partial charge in [-0.2, -0.15) is 0 Å². The zero-order valence-electron chi connectivity index (χ0n) is 23.3. The van der Waals surface area contributed by atoms with Crippen LogP contribution in [0.2, 0.25) is 0 Å². The molecule has 3 unspecified atom stereocenters. The van der Waals surface area contributed by atoms with Crippen molar-refractivity contribution in [3.8, 4) is 5.75 Å². The quantitative estimate of drug-likeness (QED) is 0.167. The van der Waals surface area contributed by atoms with Crippen LogP contribution >= 0.6 is 11.3 Å². The lowest BCUT2D eigenvalue weighted by Crippen LogP contribution is -2.41. The summed E-state index contributed by atoms with van der Waals surface area (Å²) in [6, 6.07) is 11.3. The minimum atomic E-state index is -0.0625. The Kier molecular flexibility index (Phi) is 12.5. The molecule has 4 heteroatoms. The van der Waals surface area contributed by atoms with Gasteiger partial charge in [-0.1, -0.05) is 71.6 Å². The normalized spacial score (nSPS) is 17.1. The SMILES string of the molecule is CCCC(CC)C(CC)CCCC(=O)Oc1cccc2c1CCC(N(CCC)CCc1cccs1)C2. The van der Waals surface area contributed by atoms with Crippen molar-refractivity contribution in [1.29, 1.82) is 0 Å². The van der Waals surface area contributed by atoms with Crippen LogP contribution in [0, 0.1) is 11.8 Å². The van der Waals surface area contributed by atoms with Crippen molar-refractivity contribution < 1.29 is 9.53 Å². The third-order valence-electron chi connectivity index (χ3n) is 8.22. The largest absolute Gasteiger partial charge is 0.426 e. The lowest BCUT2D eigenvalue weighted by molar-refractivity contribution is -0.134. The minimum Gasteiger partial charge on any atom is -0.426 e. The monoisotopic (exact) mass is 511 g/mol. The third-order valence-corrected chi connectivity index (χ3v) is 9.16. The number of thiophene rings is 1. The first-order chi connectivity index (χ1) is 17.6. The van der Waals surface area contributed by atoms with E-state index in [0.29, 0.717) is 12.5 Å². The molecule has 0 spiro atoms. The lowest BCUT2D eigenvalue weighted by Gasteiger charge is -2.35. The first kappa shape index (κ1) is 28.9. The van der Waals surface area contributed by atoms with E-state index in [9.17, 15) is 4.79 Å². The summed E-state index contributed by atoms with van der Waals surface area (Å²) in [5.74, 6) is 2.27. The minimum absolute atomic E-state index is 0.0625. The van der Waals surface area contributed by atoms with Crippen molar-refractivity contribution in [1.82, 2.24) is 4.90 Å². The molecule has 3 rings (SSSR count). The fourth-order valence-corrected chi connectivity index (χ4v) is 6.93. The molecular formula is C32H49NO2S. The summed E-state index contributed by atoms with van der Waals surface area (Å²) in [5.41, 5.74) is 2.63.